The highest BCUT2D eigenvalue weighted by molar-refractivity contribution is 5.91. The minimum absolute atomic E-state index is 0.0854. The number of hydrogen-bond acceptors (Lipinski definition) is 2. The maximum absolute atomic E-state index is 12.5. The Morgan fingerprint density at radius 1 is 0.957 bits per heavy atom. The van der Waals surface area contributed by atoms with E-state index in [-0.39, 0.29) is 6.03 Å². The van der Waals surface area contributed by atoms with Gasteiger partial charge in [0.1, 0.15) is 5.75 Å². The molecule has 4 heteroatoms. The van der Waals surface area contributed by atoms with Gasteiger partial charge in [-0.1, -0.05) is 44.2 Å². The number of carbonyl (C=O) groups is 1. The van der Waals surface area contributed by atoms with Crippen molar-refractivity contribution in [3.05, 3.63) is 54.6 Å². The predicted molar refractivity (Wildman–Crippen MR) is 94.1 cm³/mol. The lowest BCUT2D eigenvalue weighted by atomic mass is 10.3. The van der Waals surface area contributed by atoms with E-state index in [1.165, 1.54) is 0 Å². The average Bonchev–Trinajstić information content (AvgIpc) is 2.57. The molecule has 0 aliphatic carbocycles. The number of anilines is 1. The number of benzene rings is 2. The Bertz CT molecular complexity index is 608. The summed E-state index contributed by atoms with van der Waals surface area (Å²) < 4.78 is 5.88. The number of urea groups is 1. The smallest absolute Gasteiger partial charge is 0.321 e. The van der Waals surface area contributed by atoms with E-state index < -0.39 is 0 Å². The van der Waals surface area contributed by atoms with E-state index in [1.54, 1.807) is 0 Å². The maximum atomic E-state index is 12.5. The van der Waals surface area contributed by atoms with E-state index in [2.05, 4.69) is 19.2 Å². The third-order valence-electron chi connectivity index (χ3n) is 3.37. The fraction of sp³-hybridized carbons (Fsp3) is 0.316. The number of carbonyl (C=O) groups excluding carboxylic acids is 1. The van der Waals surface area contributed by atoms with E-state index in [0.717, 1.165) is 31.7 Å². The Morgan fingerprint density at radius 3 is 2.22 bits per heavy atom. The molecule has 0 radical (unpaired) electrons. The summed E-state index contributed by atoms with van der Waals surface area (Å²) >= 11 is 0. The Labute approximate surface area is 138 Å². The second kappa shape index (κ2) is 8.83. The van der Waals surface area contributed by atoms with Gasteiger partial charge in [0, 0.05) is 13.1 Å². The second-order valence-electron chi connectivity index (χ2n) is 5.33. The van der Waals surface area contributed by atoms with Gasteiger partial charge < -0.3 is 15.0 Å². The highest BCUT2D eigenvalue weighted by Gasteiger charge is 2.14. The van der Waals surface area contributed by atoms with Crippen LogP contribution in [0.25, 0.3) is 0 Å². The van der Waals surface area contributed by atoms with Gasteiger partial charge in [-0.15, -0.1) is 0 Å². The number of nitrogens with one attached hydrogen (secondary N) is 1. The van der Waals surface area contributed by atoms with Crippen LogP contribution in [0.5, 0.6) is 11.5 Å². The van der Waals surface area contributed by atoms with Gasteiger partial charge in [0.25, 0.3) is 0 Å². The first-order valence-corrected chi connectivity index (χ1v) is 8.12. The van der Waals surface area contributed by atoms with Crippen LogP contribution in [-0.4, -0.2) is 24.0 Å². The van der Waals surface area contributed by atoms with Crippen molar-refractivity contribution in [1.29, 1.82) is 0 Å². The Balaban J connectivity index is 2.12. The molecule has 0 fully saturated rings. The van der Waals surface area contributed by atoms with E-state index >= 15 is 0 Å². The highest BCUT2D eigenvalue weighted by atomic mass is 16.5. The van der Waals surface area contributed by atoms with Gasteiger partial charge in [0.2, 0.25) is 0 Å². The summed E-state index contributed by atoms with van der Waals surface area (Å²) in [7, 11) is 0. The molecule has 0 atom stereocenters. The summed E-state index contributed by atoms with van der Waals surface area (Å²) in [6.07, 6.45) is 1.88. The molecule has 2 aromatic carbocycles. The third-order valence-corrected chi connectivity index (χ3v) is 3.37. The minimum Gasteiger partial charge on any atom is -0.455 e. The summed E-state index contributed by atoms with van der Waals surface area (Å²) in [5.74, 6) is 1.38. The van der Waals surface area contributed by atoms with Gasteiger partial charge in [0.05, 0.1) is 5.69 Å². The normalized spacial score (nSPS) is 10.2. The number of amides is 2. The molecule has 23 heavy (non-hydrogen) atoms. The molecule has 0 saturated heterocycles. The zero-order valence-corrected chi connectivity index (χ0v) is 13.8. The lowest BCUT2D eigenvalue weighted by Gasteiger charge is -2.22. The largest absolute Gasteiger partial charge is 0.455 e. The predicted octanol–water partition coefficient (Wildman–Crippen LogP) is 5.13. The van der Waals surface area contributed by atoms with E-state index in [4.69, 9.17) is 4.74 Å². The standard InChI is InChI=1S/C19H24N2O2/c1-3-14-21(15-4-2)19(22)20-17-12-8-9-13-18(17)23-16-10-6-5-7-11-16/h5-13H,3-4,14-15H2,1-2H3,(H,20,22). The number of nitrogens with zero attached hydrogens (tertiary/aromatic N) is 1. The number of ether oxygens (including phenoxy) is 1. The second-order valence-corrected chi connectivity index (χ2v) is 5.33. The van der Waals surface area contributed by atoms with Gasteiger partial charge in [-0.25, -0.2) is 4.79 Å². The molecule has 2 aromatic rings. The van der Waals surface area contributed by atoms with Gasteiger partial charge >= 0.3 is 6.03 Å². The Kier molecular flexibility index (Phi) is 6.48. The third kappa shape index (κ3) is 5.02. The fourth-order valence-corrected chi connectivity index (χ4v) is 2.32. The van der Waals surface area contributed by atoms with Crippen molar-refractivity contribution in [2.24, 2.45) is 0 Å². The monoisotopic (exact) mass is 312 g/mol. The maximum Gasteiger partial charge on any atom is 0.321 e. The first kappa shape index (κ1) is 16.9. The van der Waals surface area contributed by atoms with Crippen LogP contribution < -0.4 is 10.1 Å². The van der Waals surface area contributed by atoms with Crippen LogP contribution in [0.3, 0.4) is 0 Å². The van der Waals surface area contributed by atoms with Crippen LogP contribution in [0.4, 0.5) is 10.5 Å². The number of hydrogen-bond donors (Lipinski definition) is 1. The van der Waals surface area contributed by atoms with Crippen molar-refractivity contribution >= 4 is 11.7 Å². The zero-order chi connectivity index (χ0) is 16.5. The van der Waals surface area contributed by atoms with Crippen LogP contribution in [0, 0.1) is 0 Å². The molecular formula is C19H24N2O2. The molecular weight excluding hydrogens is 288 g/mol. The van der Waals surface area contributed by atoms with Crippen molar-refractivity contribution < 1.29 is 9.53 Å². The summed E-state index contributed by atoms with van der Waals surface area (Å²) in [5, 5.41) is 2.96. The summed E-state index contributed by atoms with van der Waals surface area (Å²) in [6, 6.07) is 17.0. The van der Waals surface area contributed by atoms with Crippen molar-refractivity contribution in [2.45, 2.75) is 26.7 Å². The fourth-order valence-electron chi connectivity index (χ4n) is 2.32. The molecule has 122 valence electrons. The van der Waals surface area contributed by atoms with Crippen LogP contribution in [-0.2, 0) is 0 Å². The quantitative estimate of drug-likeness (QED) is 0.769. The van der Waals surface area contributed by atoms with Gasteiger partial charge in [-0.3, -0.25) is 0 Å². The van der Waals surface area contributed by atoms with E-state index in [9.17, 15) is 4.79 Å². The molecule has 0 aromatic heterocycles. The van der Waals surface area contributed by atoms with Crippen LogP contribution in [0.15, 0.2) is 54.6 Å². The Hall–Kier alpha value is -2.49. The number of rotatable bonds is 7. The van der Waals surface area contributed by atoms with E-state index in [0.29, 0.717) is 11.4 Å². The van der Waals surface area contributed by atoms with E-state index in [1.807, 2.05) is 59.5 Å². The van der Waals surface area contributed by atoms with Crippen LogP contribution in [0.1, 0.15) is 26.7 Å². The molecule has 2 amide bonds. The van der Waals surface area contributed by atoms with Gasteiger partial charge in [0.15, 0.2) is 5.75 Å². The number of para-hydroxylation sites is 3. The minimum atomic E-state index is -0.0854. The van der Waals surface area contributed by atoms with Crippen molar-refractivity contribution in [3.8, 4) is 11.5 Å². The summed E-state index contributed by atoms with van der Waals surface area (Å²) in [6.45, 7) is 5.65. The molecule has 0 heterocycles. The molecule has 0 aliphatic rings. The topological polar surface area (TPSA) is 41.6 Å². The first-order chi connectivity index (χ1) is 11.2. The summed E-state index contributed by atoms with van der Waals surface area (Å²) in [4.78, 5) is 14.3. The molecule has 0 saturated carbocycles. The van der Waals surface area contributed by atoms with Crippen LogP contribution >= 0.6 is 0 Å². The highest BCUT2D eigenvalue weighted by Crippen LogP contribution is 2.29. The molecule has 2 rings (SSSR count). The molecule has 0 spiro atoms. The molecule has 0 unspecified atom stereocenters. The van der Waals surface area contributed by atoms with Crippen molar-refractivity contribution in [3.63, 3.8) is 0 Å². The molecule has 4 nitrogen and oxygen atoms in total. The molecule has 1 N–H and O–H groups in total. The van der Waals surface area contributed by atoms with Gasteiger partial charge in [-0.05, 0) is 37.1 Å². The lowest BCUT2D eigenvalue weighted by molar-refractivity contribution is 0.211. The molecule has 0 bridgehead atoms. The summed E-state index contributed by atoms with van der Waals surface area (Å²) in [5.41, 5.74) is 0.679. The lowest BCUT2D eigenvalue weighted by Crippen LogP contribution is -2.36. The van der Waals surface area contributed by atoms with Crippen molar-refractivity contribution in [1.82, 2.24) is 4.90 Å². The average molecular weight is 312 g/mol. The Morgan fingerprint density at radius 2 is 1.57 bits per heavy atom. The first-order valence-electron chi connectivity index (χ1n) is 8.12. The van der Waals surface area contributed by atoms with Crippen LogP contribution in [0.2, 0.25) is 0 Å². The van der Waals surface area contributed by atoms with Gasteiger partial charge in [-0.2, -0.15) is 0 Å². The zero-order valence-electron chi connectivity index (χ0n) is 13.8. The molecule has 0 aliphatic heterocycles. The van der Waals surface area contributed by atoms with Crippen molar-refractivity contribution in [2.75, 3.05) is 18.4 Å². The SMILES string of the molecule is CCCN(CCC)C(=O)Nc1ccccc1Oc1ccccc1.